The fourth-order valence-electron chi connectivity index (χ4n) is 3.28. The van der Waals surface area contributed by atoms with E-state index in [1.807, 2.05) is 6.07 Å². The maximum absolute atomic E-state index is 13.4. The van der Waals surface area contributed by atoms with Crippen LogP contribution in [0.1, 0.15) is 18.0 Å². The van der Waals surface area contributed by atoms with Gasteiger partial charge in [0.25, 0.3) is 0 Å². The van der Waals surface area contributed by atoms with Crippen LogP contribution >= 0.6 is 0 Å². The molecule has 3 N–H and O–H groups in total. The molecule has 1 aliphatic rings. The molecule has 0 bridgehead atoms. The number of carbonyl (C=O) groups excluding carboxylic acids is 1. The Bertz CT molecular complexity index is 992. The summed E-state index contributed by atoms with van der Waals surface area (Å²) in [6.07, 6.45) is 1.69. The average Bonchev–Trinajstić information content (AvgIpc) is 2.64. The summed E-state index contributed by atoms with van der Waals surface area (Å²) in [5.74, 6) is 0.610. The molecule has 8 heteroatoms. The highest BCUT2D eigenvalue weighted by Crippen LogP contribution is 2.30. The second-order valence-corrected chi connectivity index (χ2v) is 6.70. The van der Waals surface area contributed by atoms with E-state index in [0.717, 1.165) is 25.2 Å². The SMILES string of the molecule is NC(=O)Oc1cccc2c(N[C@H](CN3CCC3)c3ccc(F)cc3)ncnc12. The summed E-state index contributed by atoms with van der Waals surface area (Å²) in [4.78, 5) is 22.1. The number of nitrogens with two attached hydrogens (primary N) is 1. The molecule has 2 heterocycles. The summed E-state index contributed by atoms with van der Waals surface area (Å²) in [5, 5.41) is 4.16. The van der Waals surface area contributed by atoms with E-state index < -0.39 is 6.09 Å². The summed E-state index contributed by atoms with van der Waals surface area (Å²) < 4.78 is 18.4. The summed E-state index contributed by atoms with van der Waals surface area (Å²) >= 11 is 0. The third-order valence-electron chi connectivity index (χ3n) is 4.81. The van der Waals surface area contributed by atoms with Crippen LogP contribution in [0, 0.1) is 5.82 Å². The van der Waals surface area contributed by atoms with Crippen molar-refractivity contribution in [3.8, 4) is 5.75 Å². The van der Waals surface area contributed by atoms with Crippen LogP contribution in [-0.2, 0) is 0 Å². The first-order chi connectivity index (χ1) is 13.6. The van der Waals surface area contributed by atoms with Crippen molar-refractivity contribution in [1.82, 2.24) is 14.9 Å². The molecule has 0 unspecified atom stereocenters. The van der Waals surface area contributed by atoms with E-state index >= 15 is 0 Å². The van der Waals surface area contributed by atoms with Crippen LogP contribution in [0.2, 0.25) is 0 Å². The maximum Gasteiger partial charge on any atom is 0.410 e. The number of likely N-dealkylation sites (tertiary alicyclic amines) is 1. The first kappa shape index (κ1) is 18.1. The number of ether oxygens (including phenoxy) is 1. The second kappa shape index (κ2) is 7.77. The Morgan fingerprint density at radius 1 is 1.21 bits per heavy atom. The minimum atomic E-state index is -0.900. The number of hydrogen-bond acceptors (Lipinski definition) is 6. The average molecular weight is 381 g/mol. The molecule has 1 aromatic heterocycles. The lowest BCUT2D eigenvalue weighted by molar-refractivity contribution is 0.174. The number of halogens is 1. The Hall–Kier alpha value is -3.26. The number of rotatable bonds is 6. The van der Waals surface area contributed by atoms with Gasteiger partial charge in [-0.25, -0.2) is 19.2 Å². The van der Waals surface area contributed by atoms with Crippen LogP contribution in [-0.4, -0.2) is 40.6 Å². The van der Waals surface area contributed by atoms with Crippen molar-refractivity contribution >= 4 is 22.8 Å². The molecule has 0 saturated carbocycles. The van der Waals surface area contributed by atoms with Crippen LogP contribution in [0.3, 0.4) is 0 Å². The molecule has 1 aliphatic heterocycles. The Balaban J connectivity index is 1.68. The van der Waals surface area contributed by atoms with Gasteiger partial charge >= 0.3 is 6.09 Å². The predicted octanol–water partition coefficient (Wildman–Crippen LogP) is 3.09. The molecule has 4 rings (SSSR count). The van der Waals surface area contributed by atoms with Crippen molar-refractivity contribution in [2.24, 2.45) is 5.73 Å². The molecule has 3 aromatic rings. The fourth-order valence-corrected chi connectivity index (χ4v) is 3.28. The fraction of sp³-hybridized carbons (Fsp3) is 0.250. The van der Waals surface area contributed by atoms with Gasteiger partial charge in [0.2, 0.25) is 0 Å². The molecule has 7 nitrogen and oxygen atoms in total. The molecule has 1 saturated heterocycles. The smallest absolute Gasteiger partial charge is 0.408 e. The second-order valence-electron chi connectivity index (χ2n) is 6.70. The van der Waals surface area contributed by atoms with E-state index in [1.54, 1.807) is 24.3 Å². The first-order valence-corrected chi connectivity index (χ1v) is 9.05. The van der Waals surface area contributed by atoms with E-state index in [-0.39, 0.29) is 17.6 Å². The van der Waals surface area contributed by atoms with Gasteiger partial charge in [-0.05, 0) is 49.3 Å². The van der Waals surface area contributed by atoms with E-state index in [9.17, 15) is 9.18 Å². The summed E-state index contributed by atoms with van der Waals surface area (Å²) in [7, 11) is 0. The number of para-hydroxylation sites is 1. The number of nitrogens with zero attached hydrogens (tertiary/aromatic N) is 3. The van der Waals surface area contributed by atoms with Gasteiger partial charge in [0.15, 0.2) is 5.75 Å². The number of benzene rings is 2. The van der Waals surface area contributed by atoms with Crippen molar-refractivity contribution < 1.29 is 13.9 Å². The molecule has 1 amide bonds. The normalized spacial score (nSPS) is 15.0. The Morgan fingerprint density at radius 3 is 2.68 bits per heavy atom. The summed E-state index contributed by atoms with van der Waals surface area (Å²) in [6.45, 7) is 2.86. The Morgan fingerprint density at radius 2 is 2.00 bits per heavy atom. The Kier molecular flexibility index (Phi) is 5.03. The van der Waals surface area contributed by atoms with Crippen LogP contribution < -0.4 is 15.8 Å². The number of anilines is 1. The molecular formula is C20H20FN5O2. The number of amides is 1. The summed E-state index contributed by atoms with van der Waals surface area (Å²) in [5.41, 5.74) is 6.59. The lowest BCUT2D eigenvalue weighted by Gasteiger charge is -2.34. The monoisotopic (exact) mass is 381 g/mol. The van der Waals surface area contributed by atoms with Gasteiger partial charge in [-0.1, -0.05) is 18.2 Å². The quantitative estimate of drug-likeness (QED) is 0.682. The summed E-state index contributed by atoms with van der Waals surface area (Å²) in [6, 6.07) is 11.6. The van der Waals surface area contributed by atoms with Crippen LogP contribution in [0.25, 0.3) is 10.9 Å². The van der Waals surface area contributed by atoms with Gasteiger partial charge in [0.1, 0.15) is 23.5 Å². The standard InChI is InChI=1S/C20H20FN5O2/c21-14-7-5-13(6-8-14)16(11-26-9-2-10-26)25-19-15-3-1-4-17(28-20(22)27)18(15)23-12-24-19/h1,3-8,12,16H,2,9-11H2,(H2,22,27)(H,23,24,25)/t16-/m1/s1. The third-order valence-corrected chi connectivity index (χ3v) is 4.81. The first-order valence-electron chi connectivity index (χ1n) is 9.05. The predicted molar refractivity (Wildman–Crippen MR) is 104 cm³/mol. The van der Waals surface area contributed by atoms with Gasteiger partial charge in [-0.2, -0.15) is 0 Å². The molecular weight excluding hydrogens is 361 g/mol. The minimum Gasteiger partial charge on any atom is -0.408 e. The lowest BCUT2D eigenvalue weighted by Crippen LogP contribution is -2.41. The van der Waals surface area contributed by atoms with Crippen LogP contribution in [0.15, 0.2) is 48.8 Å². The number of primary amides is 1. The molecule has 2 aromatic carbocycles. The number of carbonyl (C=O) groups is 1. The molecule has 0 radical (unpaired) electrons. The van der Waals surface area contributed by atoms with Gasteiger partial charge < -0.3 is 20.7 Å². The number of nitrogens with one attached hydrogen (secondary N) is 1. The van der Waals surface area contributed by atoms with E-state index in [4.69, 9.17) is 10.5 Å². The van der Waals surface area contributed by atoms with E-state index in [2.05, 4.69) is 20.2 Å². The maximum atomic E-state index is 13.4. The zero-order valence-electron chi connectivity index (χ0n) is 15.1. The molecule has 144 valence electrons. The van der Waals surface area contributed by atoms with E-state index in [0.29, 0.717) is 16.7 Å². The van der Waals surface area contributed by atoms with Crippen LogP contribution in [0.5, 0.6) is 5.75 Å². The topological polar surface area (TPSA) is 93.4 Å². The number of hydrogen-bond donors (Lipinski definition) is 2. The molecule has 0 spiro atoms. The zero-order valence-corrected chi connectivity index (χ0v) is 15.1. The van der Waals surface area contributed by atoms with Gasteiger partial charge in [-0.3, -0.25) is 0 Å². The zero-order chi connectivity index (χ0) is 19.5. The highest BCUT2D eigenvalue weighted by molar-refractivity contribution is 5.94. The number of aromatic nitrogens is 2. The largest absolute Gasteiger partial charge is 0.410 e. The van der Waals surface area contributed by atoms with Crippen molar-refractivity contribution in [3.05, 3.63) is 60.2 Å². The molecule has 1 fully saturated rings. The molecule has 0 aliphatic carbocycles. The van der Waals surface area contributed by atoms with Gasteiger partial charge in [0.05, 0.1) is 6.04 Å². The van der Waals surface area contributed by atoms with Crippen molar-refractivity contribution in [2.75, 3.05) is 25.0 Å². The highest BCUT2D eigenvalue weighted by atomic mass is 19.1. The lowest BCUT2D eigenvalue weighted by atomic mass is 10.0. The van der Waals surface area contributed by atoms with Gasteiger partial charge in [0, 0.05) is 11.9 Å². The van der Waals surface area contributed by atoms with Crippen molar-refractivity contribution in [2.45, 2.75) is 12.5 Å². The minimum absolute atomic E-state index is 0.0836. The van der Waals surface area contributed by atoms with Crippen molar-refractivity contribution in [1.29, 1.82) is 0 Å². The Labute approximate surface area is 161 Å². The van der Waals surface area contributed by atoms with Crippen LogP contribution in [0.4, 0.5) is 15.0 Å². The third kappa shape index (κ3) is 3.86. The van der Waals surface area contributed by atoms with Crippen molar-refractivity contribution in [3.63, 3.8) is 0 Å². The molecule has 1 atom stereocenters. The van der Waals surface area contributed by atoms with Gasteiger partial charge in [-0.15, -0.1) is 0 Å². The van der Waals surface area contributed by atoms with E-state index in [1.165, 1.54) is 24.9 Å². The number of fused-ring (bicyclic) bond motifs is 1. The molecule has 28 heavy (non-hydrogen) atoms. The highest BCUT2D eigenvalue weighted by Gasteiger charge is 2.22.